The van der Waals surface area contributed by atoms with Crippen LogP contribution in [0.4, 0.5) is 13.2 Å². The Morgan fingerprint density at radius 2 is 1.80 bits per heavy atom. The first-order valence-corrected chi connectivity index (χ1v) is 19.4. The molecule has 0 spiro atoms. The number of nitrogens with zero attached hydrogens (tertiary/aromatic N) is 5. The number of hydrogen-bond acceptors (Lipinski definition) is 8. The van der Waals surface area contributed by atoms with Gasteiger partial charge in [0.1, 0.15) is 0 Å². The Morgan fingerprint density at radius 1 is 1.04 bits per heavy atom. The maximum absolute atomic E-state index is 14.2. The normalized spacial score (nSPS) is 24.5. The number of aliphatic hydroxyl groups excluding tert-OH is 1. The summed E-state index contributed by atoms with van der Waals surface area (Å²) in [5, 5.41) is 15.8. The molecule has 2 aromatic rings. The van der Waals surface area contributed by atoms with Gasteiger partial charge in [0.2, 0.25) is 10.0 Å². The van der Waals surface area contributed by atoms with Gasteiger partial charge in [-0.05, 0) is 43.4 Å². The van der Waals surface area contributed by atoms with Gasteiger partial charge in [-0.3, -0.25) is 9.58 Å². The van der Waals surface area contributed by atoms with Crippen molar-refractivity contribution in [3.8, 4) is 11.3 Å². The summed E-state index contributed by atoms with van der Waals surface area (Å²) in [6, 6.07) is 4.13. The number of benzene rings is 1. The molecule has 1 N–H and O–H groups in total. The van der Waals surface area contributed by atoms with E-state index < -0.39 is 27.9 Å². The van der Waals surface area contributed by atoms with Crippen molar-refractivity contribution in [1.29, 1.82) is 0 Å². The molecule has 9 nitrogen and oxygen atoms in total. The van der Waals surface area contributed by atoms with E-state index in [0.717, 1.165) is 56.7 Å². The number of β-amino-alcohol motifs (C(OH)–C–C–N with tert-alkyl or cyclic N) is 1. The number of ether oxygens (including phenoxy) is 1. The van der Waals surface area contributed by atoms with E-state index in [2.05, 4.69) is 9.80 Å². The maximum atomic E-state index is 14.2. The monoisotopic (exact) mass is 685 g/mol. The van der Waals surface area contributed by atoms with Crippen LogP contribution in [0.25, 0.3) is 11.3 Å². The Morgan fingerprint density at radius 3 is 2.54 bits per heavy atom. The summed E-state index contributed by atoms with van der Waals surface area (Å²) in [6.07, 6.45) is 2.68. The van der Waals surface area contributed by atoms with Crippen LogP contribution in [0.3, 0.4) is 0 Å². The van der Waals surface area contributed by atoms with Crippen LogP contribution in [0.1, 0.15) is 48.9 Å². The van der Waals surface area contributed by atoms with Crippen molar-refractivity contribution < 1.29 is 31.4 Å². The molecule has 1 aliphatic carbocycles. The molecule has 4 heterocycles. The highest BCUT2D eigenvalue weighted by Crippen LogP contribution is 2.41. The van der Waals surface area contributed by atoms with Gasteiger partial charge in [-0.15, -0.1) is 11.8 Å². The minimum Gasteiger partial charge on any atom is -0.390 e. The molecular formula is C32H46F3N5O4S2. The summed E-state index contributed by atoms with van der Waals surface area (Å²) in [5.74, 6) is 2.06. The zero-order chi connectivity index (χ0) is 32.5. The van der Waals surface area contributed by atoms with Crippen LogP contribution in [0.5, 0.6) is 0 Å². The van der Waals surface area contributed by atoms with Gasteiger partial charge in [0, 0.05) is 79.7 Å². The third-order valence-corrected chi connectivity index (χ3v) is 12.4. The first-order chi connectivity index (χ1) is 22.0. The van der Waals surface area contributed by atoms with Crippen LogP contribution in [0.15, 0.2) is 23.1 Å². The van der Waals surface area contributed by atoms with Crippen molar-refractivity contribution in [2.45, 2.75) is 68.8 Å². The maximum Gasteiger partial charge on any atom is 0.417 e. The van der Waals surface area contributed by atoms with Crippen LogP contribution in [-0.2, 0) is 40.4 Å². The van der Waals surface area contributed by atoms with E-state index >= 15 is 0 Å². The lowest BCUT2D eigenvalue weighted by Crippen LogP contribution is -2.42. The Labute approximate surface area is 274 Å². The molecule has 3 atom stereocenters. The lowest BCUT2D eigenvalue weighted by molar-refractivity contribution is -0.139. The van der Waals surface area contributed by atoms with E-state index in [0.29, 0.717) is 54.7 Å². The van der Waals surface area contributed by atoms with Crippen LogP contribution in [0.2, 0.25) is 0 Å². The van der Waals surface area contributed by atoms with Gasteiger partial charge in [-0.1, -0.05) is 25.3 Å². The van der Waals surface area contributed by atoms with Crippen molar-refractivity contribution in [1.82, 2.24) is 23.9 Å². The van der Waals surface area contributed by atoms with Gasteiger partial charge in [0.25, 0.3) is 0 Å². The largest absolute Gasteiger partial charge is 0.417 e. The first kappa shape index (κ1) is 34.2. The van der Waals surface area contributed by atoms with Crippen molar-refractivity contribution in [3.63, 3.8) is 0 Å². The lowest BCUT2D eigenvalue weighted by atomic mass is 9.75. The molecule has 2 unspecified atom stereocenters. The molecule has 1 aromatic carbocycles. The summed E-state index contributed by atoms with van der Waals surface area (Å²) in [7, 11) is -3.49. The highest BCUT2D eigenvalue weighted by molar-refractivity contribution is 7.99. The molecule has 4 aliphatic rings. The number of piperidine rings is 1. The Balaban J connectivity index is 1.24. The van der Waals surface area contributed by atoms with Crippen LogP contribution in [-0.4, -0.2) is 115 Å². The van der Waals surface area contributed by atoms with Gasteiger partial charge in [0.15, 0.2) is 0 Å². The molecular weight excluding hydrogens is 640 g/mol. The number of sulfonamides is 1. The smallest absolute Gasteiger partial charge is 0.390 e. The Kier molecular flexibility index (Phi) is 10.7. The third-order valence-electron chi connectivity index (χ3n) is 10.1. The number of thioether (sulfide) groups is 1. The van der Waals surface area contributed by atoms with Gasteiger partial charge in [-0.2, -0.15) is 22.6 Å². The second-order valence-corrected chi connectivity index (χ2v) is 16.4. The number of fused-ring (bicyclic) bond motifs is 2. The number of aliphatic hydroxyl groups is 1. The lowest BCUT2D eigenvalue weighted by Gasteiger charge is -2.41. The summed E-state index contributed by atoms with van der Waals surface area (Å²) in [4.78, 5) is 4.70. The topological polar surface area (TPSA) is 91.1 Å². The molecule has 3 aliphatic heterocycles. The Bertz CT molecular complexity index is 1460. The van der Waals surface area contributed by atoms with Crippen LogP contribution < -0.4 is 0 Å². The highest BCUT2D eigenvalue weighted by atomic mass is 32.2. The molecule has 0 radical (unpaired) electrons. The van der Waals surface area contributed by atoms with Gasteiger partial charge in [0.05, 0.1) is 43.4 Å². The second-order valence-electron chi connectivity index (χ2n) is 13.3. The molecule has 6 rings (SSSR count). The van der Waals surface area contributed by atoms with E-state index in [1.807, 2.05) is 0 Å². The average molecular weight is 686 g/mol. The predicted molar refractivity (Wildman–Crippen MR) is 172 cm³/mol. The van der Waals surface area contributed by atoms with Gasteiger partial charge in [-0.25, -0.2) is 8.42 Å². The van der Waals surface area contributed by atoms with Crippen molar-refractivity contribution in [3.05, 3.63) is 35.0 Å². The minimum atomic E-state index is -4.50. The predicted octanol–water partition coefficient (Wildman–Crippen LogP) is 4.18. The fraction of sp³-hybridized carbons (Fsp3) is 0.719. The third kappa shape index (κ3) is 8.12. The zero-order valence-corrected chi connectivity index (χ0v) is 28.2. The van der Waals surface area contributed by atoms with Crippen molar-refractivity contribution in [2.75, 3.05) is 71.0 Å². The van der Waals surface area contributed by atoms with Gasteiger partial charge >= 0.3 is 6.18 Å². The molecule has 0 bridgehead atoms. The highest BCUT2D eigenvalue weighted by Gasteiger charge is 2.36. The summed E-state index contributed by atoms with van der Waals surface area (Å²) >= 11 is 1.23. The summed E-state index contributed by atoms with van der Waals surface area (Å²) in [6.45, 7) is 6.49. The number of hydrogen-bond donors (Lipinski definition) is 1. The van der Waals surface area contributed by atoms with E-state index in [9.17, 15) is 26.7 Å². The van der Waals surface area contributed by atoms with E-state index in [1.54, 1.807) is 10.7 Å². The first-order valence-electron chi connectivity index (χ1n) is 16.5. The van der Waals surface area contributed by atoms with Crippen LogP contribution in [0, 0.1) is 11.8 Å². The molecule has 46 heavy (non-hydrogen) atoms. The molecule has 0 amide bonds. The van der Waals surface area contributed by atoms with Crippen molar-refractivity contribution >= 4 is 21.8 Å². The minimum absolute atomic E-state index is 0.0870. The van der Waals surface area contributed by atoms with Crippen LogP contribution >= 0.6 is 11.8 Å². The second kappa shape index (κ2) is 14.4. The molecule has 2 saturated heterocycles. The fourth-order valence-electron chi connectivity index (χ4n) is 7.66. The number of alkyl halides is 3. The van der Waals surface area contributed by atoms with Crippen molar-refractivity contribution in [2.24, 2.45) is 11.8 Å². The molecule has 1 saturated carbocycles. The zero-order valence-electron chi connectivity index (χ0n) is 26.6. The number of morpholine rings is 1. The number of rotatable bonds is 10. The standard InChI is InChI=1S/C32H46F3N5O4S2/c1-46(42,43)39-11-9-29-27(22-39)31(36-40(29)21-26(41)20-38-12-15-44-16-13-38)24-6-7-28(32(33,34)35)30(18-24)45-17-14-37-10-8-23-4-2-3-5-25(23)19-37/h6-7,18,23,25-26,41H,2-5,8-17,19-22H2,1H3/t23?,25?,26-/m0/s1. The Hall–Kier alpha value is -1.68. The number of aromatic nitrogens is 2. The molecule has 3 fully saturated rings. The van der Waals surface area contributed by atoms with Gasteiger partial charge < -0.3 is 14.7 Å². The summed E-state index contributed by atoms with van der Waals surface area (Å²) in [5.41, 5.74) is 1.82. The molecule has 256 valence electrons. The molecule has 1 aromatic heterocycles. The van der Waals surface area contributed by atoms with E-state index in [1.165, 1.54) is 54.2 Å². The van der Waals surface area contributed by atoms with E-state index in [-0.39, 0.29) is 24.5 Å². The molecule has 14 heteroatoms. The summed E-state index contributed by atoms with van der Waals surface area (Å²) < 4.78 is 76.1. The fourth-order valence-corrected chi connectivity index (χ4v) is 9.56. The quantitative estimate of drug-likeness (QED) is 0.373. The number of likely N-dealkylation sites (tertiary alicyclic amines) is 1. The van der Waals surface area contributed by atoms with E-state index in [4.69, 9.17) is 9.84 Å². The average Bonchev–Trinajstić information content (AvgIpc) is 3.38. The SMILES string of the molecule is CS(=O)(=O)N1CCc2c(c(-c3ccc(C(F)(F)F)c(SCCN4CCC5CCCCC5C4)c3)nn2C[C@@H](O)CN2CCOCC2)C1. The number of halogens is 3.